The van der Waals surface area contributed by atoms with Crippen LogP contribution < -0.4 is 14.8 Å². The average molecular weight is 451 g/mol. The summed E-state index contributed by atoms with van der Waals surface area (Å²) in [7, 11) is 3.23. The minimum absolute atomic E-state index is 0.158. The number of carbonyl (C=O) groups is 1. The largest absolute Gasteiger partial charge is 0.497 e. The van der Waals surface area contributed by atoms with E-state index in [9.17, 15) is 4.79 Å². The monoisotopic (exact) mass is 450 g/mol. The summed E-state index contributed by atoms with van der Waals surface area (Å²) >= 11 is 1.39. The number of hydrogen-bond donors (Lipinski definition) is 1. The fraction of sp³-hybridized carbons (Fsp3) is 0.174. The molecule has 1 N–H and O–H groups in total. The van der Waals surface area contributed by atoms with Crippen LogP contribution in [0.1, 0.15) is 9.67 Å². The maximum absolute atomic E-state index is 12.4. The van der Waals surface area contributed by atoms with Crippen LogP contribution in [0, 0.1) is 0 Å². The summed E-state index contributed by atoms with van der Waals surface area (Å²) in [6.45, 7) is 0.760. The number of amides is 1. The van der Waals surface area contributed by atoms with Gasteiger partial charge in [-0.3, -0.25) is 4.79 Å². The number of ether oxygens (including phenoxy) is 3. The molecule has 0 saturated heterocycles. The van der Waals surface area contributed by atoms with Gasteiger partial charge in [-0.1, -0.05) is 12.1 Å². The number of thiophene rings is 1. The molecule has 2 aromatic heterocycles. The summed E-state index contributed by atoms with van der Waals surface area (Å²) in [6, 6.07) is 18.8. The third-order valence-electron chi connectivity index (χ3n) is 4.55. The van der Waals surface area contributed by atoms with Crippen LogP contribution in [0.3, 0.4) is 0 Å². The molecule has 0 atom stereocenters. The van der Waals surface area contributed by atoms with Gasteiger partial charge in [-0.25, -0.2) is 4.68 Å². The number of aromatic nitrogens is 3. The summed E-state index contributed by atoms with van der Waals surface area (Å²) in [5, 5.41) is 9.32. The molecule has 9 heteroatoms. The smallest absolute Gasteiger partial charge is 0.336 e. The fourth-order valence-corrected chi connectivity index (χ4v) is 3.61. The van der Waals surface area contributed by atoms with Crippen LogP contribution in [-0.2, 0) is 4.74 Å². The number of rotatable bonds is 9. The van der Waals surface area contributed by atoms with E-state index >= 15 is 0 Å². The molecule has 1 amide bonds. The van der Waals surface area contributed by atoms with E-state index in [2.05, 4.69) is 15.4 Å². The summed E-state index contributed by atoms with van der Waals surface area (Å²) in [5.41, 5.74) is 2.22. The Labute approximate surface area is 189 Å². The van der Waals surface area contributed by atoms with Crippen LogP contribution in [0.5, 0.6) is 11.8 Å². The number of benzene rings is 2. The molecule has 2 aromatic carbocycles. The first-order valence-electron chi connectivity index (χ1n) is 9.86. The molecule has 8 nitrogen and oxygen atoms in total. The van der Waals surface area contributed by atoms with E-state index in [1.165, 1.54) is 11.3 Å². The lowest BCUT2D eigenvalue weighted by Gasteiger charge is -2.09. The van der Waals surface area contributed by atoms with E-state index in [1.807, 2.05) is 60.0 Å². The standard InChI is InChI=1S/C23H22N4O4S/c1-29-12-13-31-23-25-21(16-8-10-19(30-2)11-9-16)27(26-23)18-6-3-5-17(15-18)24-22(28)20-7-4-14-32-20/h3-11,14-15H,12-13H2,1-2H3,(H,24,28). The van der Waals surface area contributed by atoms with Gasteiger partial charge in [0.2, 0.25) is 0 Å². The van der Waals surface area contributed by atoms with Crippen LogP contribution >= 0.6 is 11.3 Å². The zero-order valence-corrected chi connectivity index (χ0v) is 18.5. The highest BCUT2D eigenvalue weighted by Gasteiger charge is 2.16. The van der Waals surface area contributed by atoms with Gasteiger partial charge in [0.1, 0.15) is 12.4 Å². The maximum Gasteiger partial charge on any atom is 0.336 e. The van der Waals surface area contributed by atoms with E-state index in [1.54, 1.807) is 25.0 Å². The SMILES string of the molecule is COCCOc1nc(-c2ccc(OC)cc2)n(-c2cccc(NC(=O)c3cccs3)c2)n1. The van der Waals surface area contributed by atoms with Gasteiger partial charge in [0, 0.05) is 18.4 Å². The highest BCUT2D eigenvalue weighted by molar-refractivity contribution is 7.12. The van der Waals surface area contributed by atoms with Crippen molar-refractivity contribution in [3.8, 4) is 28.8 Å². The molecular formula is C23H22N4O4S. The Kier molecular flexibility index (Phi) is 6.78. The van der Waals surface area contributed by atoms with Crippen LogP contribution in [-0.4, -0.2) is 48.1 Å². The van der Waals surface area contributed by atoms with E-state index in [0.717, 1.165) is 17.0 Å². The molecule has 0 fully saturated rings. The van der Waals surface area contributed by atoms with Gasteiger partial charge in [-0.15, -0.1) is 16.4 Å². The Bertz CT molecular complexity index is 1170. The number of nitrogens with zero attached hydrogens (tertiary/aromatic N) is 3. The third kappa shape index (κ3) is 4.96. The topological polar surface area (TPSA) is 87.5 Å². The van der Waals surface area contributed by atoms with E-state index in [-0.39, 0.29) is 11.9 Å². The Morgan fingerprint density at radius 2 is 1.91 bits per heavy atom. The molecule has 0 aliphatic rings. The predicted molar refractivity (Wildman–Crippen MR) is 123 cm³/mol. The Morgan fingerprint density at radius 1 is 1.06 bits per heavy atom. The van der Waals surface area contributed by atoms with Crippen molar-refractivity contribution in [1.29, 1.82) is 0 Å². The number of methoxy groups -OCH3 is 2. The Balaban J connectivity index is 1.67. The first-order chi connectivity index (χ1) is 15.7. The highest BCUT2D eigenvalue weighted by Crippen LogP contribution is 2.27. The van der Waals surface area contributed by atoms with Crippen molar-refractivity contribution < 1.29 is 19.0 Å². The molecule has 0 aliphatic heterocycles. The van der Waals surface area contributed by atoms with Crippen molar-refractivity contribution >= 4 is 22.9 Å². The Morgan fingerprint density at radius 3 is 2.62 bits per heavy atom. The second-order valence-corrected chi connectivity index (χ2v) is 7.63. The lowest BCUT2D eigenvalue weighted by atomic mass is 10.2. The van der Waals surface area contributed by atoms with E-state index < -0.39 is 0 Å². The van der Waals surface area contributed by atoms with Gasteiger partial charge in [-0.2, -0.15) is 4.98 Å². The van der Waals surface area contributed by atoms with Crippen molar-refractivity contribution in [2.24, 2.45) is 0 Å². The predicted octanol–water partition coefficient (Wildman–Crippen LogP) is 4.28. The molecule has 2 heterocycles. The first kappa shape index (κ1) is 21.5. The summed E-state index contributed by atoms with van der Waals surface area (Å²) in [5.74, 6) is 1.19. The summed E-state index contributed by atoms with van der Waals surface area (Å²) in [4.78, 5) is 17.6. The number of anilines is 1. The molecule has 4 rings (SSSR count). The molecule has 4 aromatic rings. The molecule has 0 radical (unpaired) electrons. The van der Waals surface area contributed by atoms with Gasteiger partial charge >= 0.3 is 6.01 Å². The number of hydrogen-bond acceptors (Lipinski definition) is 7. The zero-order valence-electron chi connectivity index (χ0n) is 17.6. The number of carbonyl (C=O) groups excluding carboxylic acids is 1. The molecule has 0 aliphatic carbocycles. The van der Waals surface area contributed by atoms with Crippen molar-refractivity contribution in [2.75, 3.05) is 32.8 Å². The Hall–Kier alpha value is -3.69. The first-order valence-corrected chi connectivity index (χ1v) is 10.7. The van der Waals surface area contributed by atoms with Crippen molar-refractivity contribution in [2.45, 2.75) is 0 Å². The molecule has 164 valence electrons. The lowest BCUT2D eigenvalue weighted by molar-refractivity contribution is 0.103. The third-order valence-corrected chi connectivity index (χ3v) is 5.42. The zero-order chi connectivity index (χ0) is 22.3. The second kappa shape index (κ2) is 10.1. The molecular weight excluding hydrogens is 428 g/mol. The van der Waals surface area contributed by atoms with Crippen LogP contribution in [0.4, 0.5) is 5.69 Å². The van der Waals surface area contributed by atoms with Gasteiger partial charge in [0.05, 0.1) is 24.3 Å². The summed E-state index contributed by atoms with van der Waals surface area (Å²) in [6.07, 6.45) is 0. The second-order valence-electron chi connectivity index (χ2n) is 6.68. The average Bonchev–Trinajstić information content (AvgIpc) is 3.50. The summed E-state index contributed by atoms with van der Waals surface area (Å²) < 4.78 is 17.6. The minimum atomic E-state index is -0.158. The van der Waals surface area contributed by atoms with Crippen LogP contribution in [0.2, 0.25) is 0 Å². The van der Waals surface area contributed by atoms with Crippen molar-refractivity contribution in [3.05, 3.63) is 70.9 Å². The lowest BCUT2D eigenvalue weighted by Crippen LogP contribution is -2.10. The maximum atomic E-state index is 12.4. The quantitative estimate of drug-likeness (QED) is 0.383. The molecule has 0 bridgehead atoms. The van der Waals surface area contributed by atoms with Crippen LogP contribution in [0.15, 0.2) is 66.0 Å². The van der Waals surface area contributed by atoms with Crippen molar-refractivity contribution in [3.63, 3.8) is 0 Å². The molecule has 0 saturated carbocycles. The minimum Gasteiger partial charge on any atom is -0.497 e. The fourth-order valence-electron chi connectivity index (χ4n) is 2.99. The molecule has 0 unspecified atom stereocenters. The van der Waals surface area contributed by atoms with Crippen LogP contribution in [0.25, 0.3) is 17.1 Å². The van der Waals surface area contributed by atoms with Gasteiger partial charge in [-0.05, 0) is 53.9 Å². The van der Waals surface area contributed by atoms with E-state index in [0.29, 0.717) is 29.6 Å². The van der Waals surface area contributed by atoms with Gasteiger partial charge in [0.25, 0.3) is 5.91 Å². The molecule has 0 spiro atoms. The highest BCUT2D eigenvalue weighted by atomic mass is 32.1. The van der Waals surface area contributed by atoms with Gasteiger partial charge < -0.3 is 19.5 Å². The normalized spacial score (nSPS) is 10.7. The molecule has 32 heavy (non-hydrogen) atoms. The van der Waals surface area contributed by atoms with Crippen molar-refractivity contribution in [1.82, 2.24) is 14.8 Å². The number of nitrogens with one attached hydrogen (secondary N) is 1. The van der Waals surface area contributed by atoms with E-state index in [4.69, 9.17) is 14.2 Å². The van der Waals surface area contributed by atoms with Gasteiger partial charge in [0.15, 0.2) is 5.82 Å².